The highest BCUT2D eigenvalue weighted by atomic mass is 35.5. The van der Waals surface area contributed by atoms with Gasteiger partial charge in [-0.15, -0.1) is 11.3 Å². The van der Waals surface area contributed by atoms with Gasteiger partial charge in [-0.2, -0.15) is 15.5 Å². The first-order valence-corrected chi connectivity index (χ1v) is 26.4. The summed E-state index contributed by atoms with van der Waals surface area (Å²) in [7, 11) is 0. The van der Waals surface area contributed by atoms with Crippen molar-refractivity contribution in [3.8, 4) is 12.1 Å². The average molecular weight is 1070 g/mol. The predicted octanol–water partition coefficient (Wildman–Crippen LogP) is 12.5. The van der Waals surface area contributed by atoms with Crippen LogP contribution in [-0.4, -0.2) is 64.7 Å². The van der Waals surface area contributed by atoms with E-state index >= 15 is 0 Å². The normalized spacial score (nSPS) is 15.0. The number of nitrogens with one attached hydrogen (secondary N) is 5. The van der Waals surface area contributed by atoms with Gasteiger partial charge in [-0.25, -0.2) is 23.7 Å². The highest BCUT2D eigenvalue weighted by Crippen LogP contribution is 2.38. The van der Waals surface area contributed by atoms with Crippen LogP contribution < -0.4 is 32.3 Å². The number of benzene rings is 4. The lowest BCUT2D eigenvalue weighted by molar-refractivity contribution is 0.110. The fraction of sp³-hybridized carbons (Fsp3) is 0.255. The second-order valence-electron chi connectivity index (χ2n) is 16.4. The van der Waals surface area contributed by atoms with Crippen molar-refractivity contribution < 1.29 is 18.3 Å². The molecular formula is C51H48Cl2F2N12O2S3. The highest BCUT2D eigenvalue weighted by Gasteiger charge is 2.18. The zero-order valence-electron chi connectivity index (χ0n) is 38.8. The van der Waals surface area contributed by atoms with Crippen molar-refractivity contribution >= 4 is 118 Å². The summed E-state index contributed by atoms with van der Waals surface area (Å²) in [6, 6.07) is 29.0. The van der Waals surface area contributed by atoms with Crippen LogP contribution >= 0.6 is 57.6 Å². The molecule has 2 fully saturated rings. The van der Waals surface area contributed by atoms with Crippen molar-refractivity contribution in [1.82, 2.24) is 30.6 Å². The quantitative estimate of drug-likeness (QED) is 0.0418. The van der Waals surface area contributed by atoms with E-state index in [0.717, 1.165) is 72.6 Å². The number of halogens is 4. The predicted molar refractivity (Wildman–Crippen MR) is 287 cm³/mol. The molecule has 2 aliphatic rings. The molecule has 8 aromatic rings. The highest BCUT2D eigenvalue weighted by molar-refractivity contribution is 8.00. The van der Waals surface area contributed by atoms with Crippen LogP contribution in [0.15, 0.2) is 102 Å². The number of thiazole rings is 2. The number of thioether (sulfide) groups is 1. The minimum atomic E-state index is -0.508. The van der Waals surface area contributed by atoms with Gasteiger partial charge in [0.05, 0.1) is 49.5 Å². The summed E-state index contributed by atoms with van der Waals surface area (Å²) in [5.74, 6) is -0.999. The first kappa shape index (κ1) is 52.1. The SMILES string of the molecule is CSc1nc2ncc(C#N)c(Nc3ccc(F)c(Cl)c3)c2s1.N#Cc1cnc2nc(Nc3ccc(CNC[C@H]4CCCO4)cc3)sc2c1Nc1ccc(F)c(Cl)c1.Nc1ccc(CNC[C@H]2CCCO2)cc1. The van der Waals surface area contributed by atoms with Crippen molar-refractivity contribution in [3.05, 3.63) is 141 Å². The molecule has 14 nitrogen and oxygen atoms in total. The van der Waals surface area contributed by atoms with Gasteiger partial charge in [0.1, 0.15) is 28.5 Å². The molecule has 0 saturated carbocycles. The number of rotatable bonds is 15. The second kappa shape index (κ2) is 25.4. The summed E-state index contributed by atoms with van der Waals surface area (Å²) in [5, 5.41) is 36.0. The number of anilines is 7. The van der Waals surface area contributed by atoms with Crippen LogP contribution in [0, 0.1) is 34.3 Å². The lowest BCUT2D eigenvalue weighted by atomic mass is 10.2. The molecule has 4 aromatic heterocycles. The Hall–Kier alpha value is -6.23. The lowest BCUT2D eigenvalue weighted by Crippen LogP contribution is -2.25. The molecular weight excluding hydrogens is 1020 g/mol. The monoisotopic (exact) mass is 1060 g/mol. The van der Waals surface area contributed by atoms with Gasteiger partial charge in [0, 0.05) is 74.5 Å². The van der Waals surface area contributed by atoms with Crippen LogP contribution in [0.5, 0.6) is 0 Å². The molecule has 21 heteroatoms. The summed E-state index contributed by atoms with van der Waals surface area (Å²) < 4.78 is 40.3. The summed E-state index contributed by atoms with van der Waals surface area (Å²) in [5.41, 5.74) is 13.9. The third-order valence-electron chi connectivity index (χ3n) is 11.3. The molecule has 4 aromatic carbocycles. The molecule has 0 spiro atoms. The van der Waals surface area contributed by atoms with Gasteiger partial charge in [-0.05, 0) is 104 Å². The van der Waals surface area contributed by atoms with Gasteiger partial charge >= 0.3 is 0 Å². The van der Waals surface area contributed by atoms with Gasteiger partial charge in [-0.3, -0.25) is 0 Å². The van der Waals surface area contributed by atoms with Gasteiger partial charge in [0.25, 0.3) is 0 Å². The summed E-state index contributed by atoms with van der Waals surface area (Å²) in [6.07, 6.45) is 10.3. The van der Waals surface area contributed by atoms with Crippen LogP contribution in [-0.2, 0) is 22.6 Å². The number of hydrogen-bond donors (Lipinski definition) is 6. The van der Waals surface area contributed by atoms with Gasteiger partial charge in [-0.1, -0.05) is 70.6 Å². The van der Waals surface area contributed by atoms with E-state index < -0.39 is 11.6 Å². The van der Waals surface area contributed by atoms with Crippen LogP contribution in [0.3, 0.4) is 0 Å². The molecule has 2 aliphatic heterocycles. The van der Waals surface area contributed by atoms with Crippen molar-refractivity contribution in [1.29, 1.82) is 10.5 Å². The molecule has 6 heterocycles. The molecule has 370 valence electrons. The summed E-state index contributed by atoms with van der Waals surface area (Å²) in [6.45, 7) is 5.27. The zero-order chi connectivity index (χ0) is 50.4. The lowest BCUT2D eigenvalue weighted by Gasteiger charge is -2.11. The van der Waals surface area contributed by atoms with E-state index in [4.69, 9.17) is 38.4 Å². The second-order valence-corrected chi connectivity index (χ2v) is 20.3. The van der Waals surface area contributed by atoms with Gasteiger partial charge < -0.3 is 41.8 Å². The Morgan fingerprint density at radius 3 is 1.64 bits per heavy atom. The largest absolute Gasteiger partial charge is 0.399 e. The Morgan fingerprint density at radius 1 is 0.681 bits per heavy atom. The Labute approximate surface area is 437 Å². The van der Waals surface area contributed by atoms with E-state index in [1.807, 2.05) is 30.5 Å². The maximum atomic E-state index is 13.5. The Morgan fingerprint density at radius 2 is 1.17 bits per heavy atom. The maximum Gasteiger partial charge on any atom is 0.189 e. The Balaban J connectivity index is 0.000000159. The number of aromatic nitrogens is 4. The Kier molecular flexibility index (Phi) is 18.4. The van der Waals surface area contributed by atoms with E-state index in [1.165, 1.54) is 95.1 Å². The number of nitrogen functional groups attached to an aromatic ring is 1. The maximum absolute atomic E-state index is 13.5. The van der Waals surface area contributed by atoms with Crippen LogP contribution in [0.2, 0.25) is 10.0 Å². The fourth-order valence-corrected chi connectivity index (χ4v) is 10.4. The van der Waals surface area contributed by atoms with E-state index in [-0.39, 0.29) is 10.0 Å². The molecule has 0 radical (unpaired) electrons. The van der Waals surface area contributed by atoms with Crippen LogP contribution in [0.4, 0.5) is 48.0 Å². The molecule has 2 saturated heterocycles. The van der Waals surface area contributed by atoms with Gasteiger partial charge in [0.2, 0.25) is 0 Å². The van der Waals surface area contributed by atoms with Crippen molar-refractivity contribution in [2.45, 2.75) is 55.3 Å². The molecule has 10 rings (SSSR count). The van der Waals surface area contributed by atoms with Crippen LogP contribution in [0.25, 0.3) is 20.7 Å². The third kappa shape index (κ3) is 14.0. The third-order valence-corrected chi connectivity index (χ3v) is 14.9. The molecule has 7 N–H and O–H groups in total. The Bertz CT molecular complexity index is 3190. The van der Waals surface area contributed by atoms with Crippen LogP contribution in [0.1, 0.15) is 47.9 Å². The van der Waals surface area contributed by atoms with E-state index in [9.17, 15) is 19.3 Å². The van der Waals surface area contributed by atoms with Crippen molar-refractivity contribution in [2.24, 2.45) is 0 Å². The number of hydrogen-bond acceptors (Lipinski definition) is 17. The number of pyridine rings is 2. The smallest absolute Gasteiger partial charge is 0.189 e. The number of nitriles is 2. The van der Waals surface area contributed by atoms with E-state index in [1.54, 1.807) is 12.1 Å². The fourth-order valence-electron chi connectivity index (χ4n) is 7.56. The van der Waals surface area contributed by atoms with Gasteiger partial charge in [0.15, 0.2) is 20.8 Å². The average Bonchev–Trinajstić information content (AvgIpc) is 4.25. The summed E-state index contributed by atoms with van der Waals surface area (Å²) in [4.78, 5) is 17.5. The molecule has 0 unspecified atom stereocenters. The van der Waals surface area contributed by atoms with Crippen molar-refractivity contribution in [3.63, 3.8) is 0 Å². The topological polar surface area (TPSA) is 204 Å². The number of nitrogens with two attached hydrogens (primary N) is 1. The first-order valence-electron chi connectivity index (χ1n) is 22.8. The zero-order valence-corrected chi connectivity index (χ0v) is 42.7. The number of nitrogens with zero attached hydrogens (tertiary/aromatic N) is 6. The number of ether oxygens (including phenoxy) is 2. The van der Waals surface area contributed by atoms with E-state index in [2.05, 4.69) is 82.9 Å². The number of fused-ring (bicyclic) bond motifs is 2. The molecule has 0 amide bonds. The van der Waals surface area contributed by atoms with Crippen molar-refractivity contribution in [2.75, 3.05) is 54.2 Å². The standard InChI is InChI=1S/C25H22ClFN6OS.C14H8ClFN4S2.C12H18N2O/c26-20-10-18(7-8-21(20)27)31-22-16(11-28)13-30-24-23(22)35-25(33-24)32-17-5-3-15(4-6-17)12-29-14-19-2-1-9-34-19;1-21-14-20-13-12(22-14)11(7(5-17)6-18-13)19-8-2-3-10(16)9(15)4-8;13-11-5-3-10(4-6-11)8-14-9-12-2-1-7-15-12/h3-8,10,13,19,29H,1-2,9,12,14H2,(H2,30,31,32,33);2-4,6H,1H3,(H,18,19);3-6,12,14H,1-2,7-9,13H2/t19-;;12-/m1.1/s1. The minimum absolute atomic E-state index is 0.00372. The van der Waals surface area contributed by atoms with E-state index in [0.29, 0.717) is 67.2 Å². The first-order chi connectivity index (χ1) is 35.0. The minimum Gasteiger partial charge on any atom is -0.399 e. The summed E-state index contributed by atoms with van der Waals surface area (Å²) >= 11 is 16.0. The molecule has 72 heavy (non-hydrogen) atoms. The molecule has 0 bridgehead atoms. The molecule has 0 aliphatic carbocycles. The molecule has 2 atom stereocenters.